The van der Waals surface area contributed by atoms with E-state index in [2.05, 4.69) is 25.9 Å². The van der Waals surface area contributed by atoms with E-state index in [0.717, 1.165) is 11.0 Å². The van der Waals surface area contributed by atoms with Crippen LogP contribution in [0.4, 0.5) is 16.2 Å². The summed E-state index contributed by atoms with van der Waals surface area (Å²) in [6, 6.07) is 12.0. The number of nitrogens with one attached hydrogen (secondary N) is 4. The second-order valence-corrected chi connectivity index (χ2v) is 7.90. The Balaban J connectivity index is 1.52. The molecule has 0 spiro atoms. The van der Waals surface area contributed by atoms with Crippen molar-refractivity contribution in [2.24, 2.45) is 0 Å². The van der Waals surface area contributed by atoms with Gasteiger partial charge in [-0.15, -0.1) is 0 Å². The van der Waals surface area contributed by atoms with E-state index in [0.29, 0.717) is 16.9 Å². The molecule has 3 rings (SSSR count). The second kappa shape index (κ2) is 9.29. The van der Waals surface area contributed by atoms with E-state index in [9.17, 15) is 14.4 Å². The summed E-state index contributed by atoms with van der Waals surface area (Å²) in [5.74, 6) is -0.550. The van der Waals surface area contributed by atoms with Gasteiger partial charge in [0.25, 0.3) is 5.91 Å². The Hall–Kier alpha value is -3.88. The van der Waals surface area contributed by atoms with Crippen molar-refractivity contribution in [1.29, 1.82) is 0 Å². The van der Waals surface area contributed by atoms with Crippen molar-refractivity contribution in [3.63, 3.8) is 0 Å². The fourth-order valence-corrected chi connectivity index (χ4v) is 2.77. The van der Waals surface area contributed by atoms with E-state index in [1.165, 1.54) is 0 Å². The molecule has 3 aromatic rings. The predicted octanol–water partition coefficient (Wildman–Crippen LogP) is 3.67. The van der Waals surface area contributed by atoms with Crippen molar-refractivity contribution in [3.05, 3.63) is 54.4 Å². The van der Waals surface area contributed by atoms with Crippen molar-refractivity contribution < 1.29 is 19.1 Å². The van der Waals surface area contributed by atoms with Crippen molar-refractivity contribution in [1.82, 2.24) is 15.3 Å². The molecule has 9 nitrogen and oxygen atoms in total. The number of hydrogen-bond acceptors (Lipinski definition) is 5. The molecular formula is C22H25N5O4. The Bertz CT molecular complexity index is 1100. The van der Waals surface area contributed by atoms with Crippen molar-refractivity contribution in [2.45, 2.75) is 32.8 Å². The van der Waals surface area contributed by atoms with Crippen molar-refractivity contribution in [3.8, 4) is 0 Å². The van der Waals surface area contributed by atoms with Crippen LogP contribution < -0.4 is 16.0 Å². The Kier molecular flexibility index (Phi) is 6.54. The molecule has 4 N–H and O–H groups in total. The highest BCUT2D eigenvalue weighted by molar-refractivity contribution is 6.06. The molecular weight excluding hydrogens is 398 g/mol. The van der Waals surface area contributed by atoms with Crippen LogP contribution in [0.5, 0.6) is 0 Å². The van der Waals surface area contributed by atoms with E-state index in [1.54, 1.807) is 69.6 Å². The van der Waals surface area contributed by atoms with Crippen molar-refractivity contribution >= 4 is 40.3 Å². The van der Waals surface area contributed by atoms with Crippen LogP contribution in [0.25, 0.3) is 11.0 Å². The number of anilines is 2. The molecule has 0 aliphatic heterocycles. The van der Waals surface area contributed by atoms with Gasteiger partial charge in [0.15, 0.2) is 0 Å². The van der Waals surface area contributed by atoms with Crippen LogP contribution in [0.1, 0.15) is 37.6 Å². The zero-order valence-corrected chi connectivity index (χ0v) is 17.6. The lowest BCUT2D eigenvalue weighted by Gasteiger charge is -2.19. The molecule has 162 valence electrons. The first kappa shape index (κ1) is 21.8. The number of alkyl carbamates (subject to hydrolysis) is 1. The van der Waals surface area contributed by atoms with Gasteiger partial charge in [-0.1, -0.05) is 6.07 Å². The number of rotatable bonds is 6. The summed E-state index contributed by atoms with van der Waals surface area (Å²) in [4.78, 5) is 43.4. The Morgan fingerprint density at radius 1 is 1.03 bits per heavy atom. The maximum absolute atomic E-state index is 12.5. The molecule has 0 aliphatic rings. The number of aromatic amines is 1. The van der Waals surface area contributed by atoms with Gasteiger partial charge in [0.2, 0.25) is 5.91 Å². The Labute approximate surface area is 179 Å². The highest BCUT2D eigenvalue weighted by Crippen LogP contribution is 2.18. The van der Waals surface area contributed by atoms with E-state index in [4.69, 9.17) is 4.74 Å². The zero-order valence-electron chi connectivity index (χ0n) is 17.6. The third-order valence-electron chi connectivity index (χ3n) is 4.11. The number of carbonyl (C=O) groups excluding carboxylic acids is 3. The molecule has 1 heterocycles. The molecule has 0 atom stereocenters. The first-order chi connectivity index (χ1) is 14.7. The van der Waals surface area contributed by atoms with Gasteiger partial charge in [-0.25, -0.2) is 9.78 Å². The van der Waals surface area contributed by atoms with Gasteiger partial charge < -0.3 is 25.7 Å². The van der Waals surface area contributed by atoms with E-state index >= 15 is 0 Å². The molecule has 0 bridgehead atoms. The lowest BCUT2D eigenvalue weighted by atomic mass is 10.2. The number of amides is 3. The first-order valence-electron chi connectivity index (χ1n) is 9.81. The molecule has 0 fully saturated rings. The molecule has 0 unspecified atom stereocenters. The van der Waals surface area contributed by atoms with Crippen LogP contribution in [0.2, 0.25) is 0 Å². The van der Waals surface area contributed by atoms with Crippen LogP contribution in [0.15, 0.2) is 48.8 Å². The minimum absolute atomic E-state index is 0.0834. The number of benzene rings is 2. The normalized spacial score (nSPS) is 11.1. The predicted molar refractivity (Wildman–Crippen MR) is 118 cm³/mol. The number of hydrogen-bond donors (Lipinski definition) is 4. The van der Waals surface area contributed by atoms with E-state index in [1.807, 2.05) is 0 Å². The second-order valence-electron chi connectivity index (χ2n) is 7.90. The van der Waals surface area contributed by atoms with Gasteiger partial charge in [0.1, 0.15) is 5.60 Å². The smallest absolute Gasteiger partial charge is 0.407 e. The average Bonchev–Trinajstić information content (AvgIpc) is 3.14. The lowest BCUT2D eigenvalue weighted by Crippen LogP contribution is -2.34. The van der Waals surface area contributed by atoms with Gasteiger partial charge >= 0.3 is 6.09 Å². The lowest BCUT2D eigenvalue weighted by molar-refractivity contribution is -0.116. The third kappa shape index (κ3) is 6.56. The zero-order chi connectivity index (χ0) is 22.4. The first-order valence-corrected chi connectivity index (χ1v) is 9.81. The number of ether oxygens (including phenoxy) is 1. The van der Waals surface area contributed by atoms with Crippen molar-refractivity contribution in [2.75, 3.05) is 17.2 Å². The van der Waals surface area contributed by atoms with Crippen LogP contribution in [-0.2, 0) is 9.53 Å². The third-order valence-corrected chi connectivity index (χ3v) is 4.11. The molecule has 1 aromatic heterocycles. The fourth-order valence-electron chi connectivity index (χ4n) is 2.77. The maximum Gasteiger partial charge on any atom is 0.407 e. The minimum Gasteiger partial charge on any atom is -0.444 e. The SMILES string of the molecule is CC(C)(C)OC(=O)NCCC(=O)Nc1cccc(NC(=O)c2ccc3nc[nH]c3c2)c1. The maximum atomic E-state index is 12.5. The quantitative estimate of drug-likeness (QED) is 0.481. The number of fused-ring (bicyclic) bond motifs is 1. The molecule has 31 heavy (non-hydrogen) atoms. The topological polar surface area (TPSA) is 125 Å². The van der Waals surface area contributed by atoms with Gasteiger partial charge in [0.05, 0.1) is 17.4 Å². The molecule has 0 aliphatic carbocycles. The fraction of sp³-hybridized carbons (Fsp3) is 0.273. The number of carbonyl (C=O) groups is 3. The van der Waals surface area contributed by atoms with Gasteiger partial charge in [-0.3, -0.25) is 9.59 Å². The number of H-pyrrole nitrogens is 1. The van der Waals surface area contributed by atoms with Gasteiger partial charge in [-0.2, -0.15) is 0 Å². The van der Waals surface area contributed by atoms with E-state index < -0.39 is 11.7 Å². The molecule has 2 aromatic carbocycles. The highest BCUT2D eigenvalue weighted by atomic mass is 16.6. The van der Waals surface area contributed by atoms with Crippen LogP contribution >= 0.6 is 0 Å². The van der Waals surface area contributed by atoms with Gasteiger partial charge in [-0.05, 0) is 57.2 Å². The summed E-state index contributed by atoms with van der Waals surface area (Å²) in [5.41, 5.74) is 2.51. The Morgan fingerprint density at radius 3 is 2.52 bits per heavy atom. The average molecular weight is 423 g/mol. The van der Waals surface area contributed by atoms with Crippen LogP contribution in [-0.4, -0.2) is 40.0 Å². The van der Waals surface area contributed by atoms with Gasteiger partial charge in [0, 0.05) is 29.9 Å². The van der Waals surface area contributed by atoms with E-state index in [-0.39, 0.29) is 24.8 Å². The summed E-state index contributed by atoms with van der Waals surface area (Å²) in [7, 11) is 0. The molecule has 3 amide bonds. The summed E-state index contributed by atoms with van der Waals surface area (Å²) in [6.45, 7) is 5.44. The number of nitrogens with zero attached hydrogens (tertiary/aromatic N) is 1. The number of imidazole rings is 1. The number of aromatic nitrogens is 2. The summed E-state index contributed by atoms with van der Waals surface area (Å²) >= 11 is 0. The standard InChI is InChI=1S/C22H25N5O4/c1-22(2,3)31-21(30)23-10-9-19(28)26-15-5-4-6-16(12-15)27-20(29)14-7-8-17-18(11-14)25-13-24-17/h4-8,11-13H,9-10H2,1-3H3,(H,23,30)(H,24,25)(H,26,28)(H,27,29). The molecule has 0 radical (unpaired) electrons. The molecule has 9 heteroatoms. The van der Waals surface area contributed by atoms with Crippen LogP contribution in [0.3, 0.4) is 0 Å². The monoisotopic (exact) mass is 423 g/mol. The summed E-state index contributed by atoms with van der Waals surface area (Å²) in [5, 5.41) is 8.09. The summed E-state index contributed by atoms with van der Waals surface area (Å²) in [6.07, 6.45) is 1.08. The highest BCUT2D eigenvalue weighted by Gasteiger charge is 2.16. The molecule has 0 saturated carbocycles. The molecule has 0 saturated heterocycles. The van der Waals surface area contributed by atoms with Crippen LogP contribution in [0, 0.1) is 0 Å². The summed E-state index contributed by atoms with van der Waals surface area (Å²) < 4.78 is 5.12. The Morgan fingerprint density at radius 2 is 1.77 bits per heavy atom. The minimum atomic E-state index is -0.596. The largest absolute Gasteiger partial charge is 0.444 e.